The summed E-state index contributed by atoms with van der Waals surface area (Å²) in [7, 11) is 0. The predicted molar refractivity (Wildman–Crippen MR) is 97.6 cm³/mol. The van der Waals surface area contributed by atoms with Gasteiger partial charge in [-0.25, -0.2) is 0 Å². The molecule has 6 nitrogen and oxygen atoms in total. The van der Waals surface area contributed by atoms with E-state index in [-0.39, 0.29) is 5.91 Å². The maximum atomic E-state index is 12.1. The lowest BCUT2D eigenvalue weighted by Crippen LogP contribution is -2.46. The van der Waals surface area contributed by atoms with Crippen molar-refractivity contribution in [3.63, 3.8) is 0 Å². The van der Waals surface area contributed by atoms with Crippen molar-refractivity contribution < 1.29 is 4.79 Å². The minimum absolute atomic E-state index is 0.0163. The summed E-state index contributed by atoms with van der Waals surface area (Å²) in [6.07, 6.45) is 1.19. The van der Waals surface area contributed by atoms with E-state index >= 15 is 0 Å². The van der Waals surface area contributed by atoms with Crippen molar-refractivity contribution >= 4 is 27.5 Å². The van der Waals surface area contributed by atoms with Crippen molar-refractivity contribution in [2.24, 2.45) is 0 Å². The maximum Gasteiger partial charge on any atom is 0.226 e. The van der Waals surface area contributed by atoms with E-state index in [4.69, 9.17) is 0 Å². The highest BCUT2D eigenvalue weighted by atomic mass is 32.1. The quantitative estimate of drug-likeness (QED) is 0.870. The number of hydrogen-bond donors (Lipinski definition) is 1. The van der Waals surface area contributed by atoms with E-state index in [9.17, 15) is 4.79 Å². The fraction of sp³-hybridized carbons (Fsp3) is 0.471. The Kier molecular flexibility index (Phi) is 5.77. The van der Waals surface area contributed by atoms with Crippen molar-refractivity contribution in [3.05, 3.63) is 35.9 Å². The molecule has 128 valence electrons. The lowest BCUT2D eigenvalue weighted by molar-refractivity contribution is -0.116. The first-order valence-electron chi connectivity index (χ1n) is 8.39. The molecule has 0 atom stereocenters. The Labute approximate surface area is 146 Å². The van der Waals surface area contributed by atoms with Gasteiger partial charge in [-0.2, -0.15) is 0 Å². The minimum atomic E-state index is -0.0163. The van der Waals surface area contributed by atoms with Crippen LogP contribution in [0, 0.1) is 0 Å². The van der Waals surface area contributed by atoms with E-state index in [1.165, 1.54) is 16.9 Å². The molecule has 3 rings (SSSR count). The van der Waals surface area contributed by atoms with Gasteiger partial charge in [-0.1, -0.05) is 48.6 Å². The summed E-state index contributed by atoms with van der Waals surface area (Å²) in [6, 6.07) is 10.0. The minimum Gasteiger partial charge on any atom is -0.344 e. The zero-order valence-electron chi connectivity index (χ0n) is 13.9. The van der Waals surface area contributed by atoms with Gasteiger partial charge in [0.25, 0.3) is 0 Å². The van der Waals surface area contributed by atoms with Gasteiger partial charge in [0.1, 0.15) is 0 Å². The molecule has 1 N–H and O–H groups in total. The second-order valence-corrected chi connectivity index (χ2v) is 6.80. The number of carbonyl (C=O) groups excluding carboxylic acids is 1. The third kappa shape index (κ3) is 4.52. The van der Waals surface area contributed by atoms with Crippen LogP contribution in [-0.4, -0.2) is 53.7 Å². The molecular formula is C17H23N5OS. The van der Waals surface area contributed by atoms with E-state index < -0.39 is 0 Å². The van der Waals surface area contributed by atoms with Gasteiger partial charge < -0.3 is 15.1 Å². The van der Waals surface area contributed by atoms with Gasteiger partial charge >= 0.3 is 0 Å². The van der Waals surface area contributed by atoms with Crippen LogP contribution >= 0.6 is 11.3 Å². The number of benzene rings is 1. The SMILES string of the molecule is CCN1CCN(c2nnc(NC(=O)CCc3ccccc3)s2)CC1. The first-order valence-corrected chi connectivity index (χ1v) is 9.21. The molecular weight excluding hydrogens is 322 g/mol. The van der Waals surface area contributed by atoms with Crippen molar-refractivity contribution in [2.75, 3.05) is 42.9 Å². The first kappa shape index (κ1) is 16.9. The lowest BCUT2D eigenvalue weighted by atomic mass is 10.1. The van der Waals surface area contributed by atoms with Gasteiger partial charge in [-0.15, -0.1) is 10.2 Å². The Morgan fingerprint density at radius 1 is 1.17 bits per heavy atom. The van der Waals surface area contributed by atoms with E-state index in [0.717, 1.165) is 44.3 Å². The van der Waals surface area contributed by atoms with E-state index in [2.05, 4.69) is 32.2 Å². The monoisotopic (exact) mass is 345 g/mol. The zero-order chi connectivity index (χ0) is 16.8. The molecule has 1 aliphatic heterocycles. The number of piperazine rings is 1. The van der Waals surface area contributed by atoms with Crippen LogP contribution in [0.1, 0.15) is 18.9 Å². The van der Waals surface area contributed by atoms with Crippen LogP contribution in [-0.2, 0) is 11.2 Å². The maximum absolute atomic E-state index is 12.1. The number of amides is 1. The summed E-state index contributed by atoms with van der Waals surface area (Å²) in [6.45, 7) is 7.30. The number of likely N-dealkylation sites (N-methyl/N-ethyl adjacent to an activating group) is 1. The van der Waals surface area contributed by atoms with Crippen molar-refractivity contribution in [1.82, 2.24) is 15.1 Å². The van der Waals surface area contributed by atoms with Crippen molar-refractivity contribution in [1.29, 1.82) is 0 Å². The van der Waals surface area contributed by atoms with Crippen molar-refractivity contribution in [3.8, 4) is 0 Å². The number of nitrogens with zero attached hydrogens (tertiary/aromatic N) is 4. The van der Waals surface area contributed by atoms with E-state index in [0.29, 0.717) is 11.6 Å². The number of rotatable bonds is 6. The first-order chi connectivity index (χ1) is 11.7. The van der Waals surface area contributed by atoms with Gasteiger partial charge in [0.15, 0.2) is 0 Å². The molecule has 0 bridgehead atoms. The van der Waals surface area contributed by atoms with Crippen LogP contribution in [0.4, 0.5) is 10.3 Å². The van der Waals surface area contributed by atoms with Crippen LogP contribution in [0.5, 0.6) is 0 Å². The van der Waals surface area contributed by atoms with Crippen LogP contribution < -0.4 is 10.2 Å². The fourth-order valence-corrected chi connectivity index (χ4v) is 3.55. The third-order valence-corrected chi connectivity index (χ3v) is 5.13. The number of aromatic nitrogens is 2. The van der Waals surface area contributed by atoms with Gasteiger partial charge in [-0.05, 0) is 18.5 Å². The highest BCUT2D eigenvalue weighted by Gasteiger charge is 2.19. The Hall–Kier alpha value is -1.99. The molecule has 2 aromatic rings. The smallest absolute Gasteiger partial charge is 0.226 e. The number of nitrogens with one attached hydrogen (secondary N) is 1. The Morgan fingerprint density at radius 2 is 1.92 bits per heavy atom. The normalized spacial score (nSPS) is 15.5. The summed E-state index contributed by atoms with van der Waals surface area (Å²) < 4.78 is 0. The Morgan fingerprint density at radius 3 is 2.62 bits per heavy atom. The number of aryl methyl sites for hydroxylation is 1. The molecule has 7 heteroatoms. The summed E-state index contributed by atoms with van der Waals surface area (Å²) in [5, 5.41) is 12.7. The second-order valence-electron chi connectivity index (χ2n) is 5.84. The zero-order valence-corrected chi connectivity index (χ0v) is 14.8. The Balaban J connectivity index is 1.48. The average Bonchev–Trinajstić information content (AvgIpc) is 3.09. The van der Waals surface area contributed by atoms with Crippen LogP contribution in [0.25, 0.3) is 0 Å². The second kappa shape index (κ2) is 8.21. The molecule has 1 amide bonds. The molecule has 1 saturated heterocycles. The average molecular weight is 345 g/mol. The van der Waals surface area contributed by atoms with Gasteiger partial charge in [0.05, 0.1) is 0 Å². The molecule has 24 heavy (non-hydrogen) atoms. The van der Waals surface area contributed by atoms with Crippen LogP contribution in [0.2, 0.25) is 0 Å². The lowest BCUT2D eigenvalue weighted by Gasteiger charge is -2.33. The number of anilines is 2. The van der Waals surface area contributed by atoms with Gasteiger partial charge in [0, 0.05) is 32.6 Å². The van der Waals surface area contributed by atoms with Gasteiger partial charge in [-0.3, -0.25) is 4.79 Å². The van der Waals surface area contributed by atoms with Crippen LogP contribution in [0.3, 0.4) is 0 Å². The van der Waals surface area contributed by atoms with E-state index in [1.807, 2.05) is 30.3 Å². The highest BCUT2D eigenvalue weighted by Crippen LogP contribution is 2.25. The molecule has 1 fully saturated rings. The highest BCUT2D eigenvalue weighted by molar-refractivity contribution is 7.19. The summed E-state index contributed by atoms with van der Waals surface area (Å²) in [4.78, 5) is 16.7. The van der Waals surface area contributed by atoms with Crippen molar-refractivity contribution in [2.45, 2.75) is 19.8 Å². The largest absolute Gasteiger partial charge is 0.344 e. The fourth-order valence-electron chi connectivity index (χ4n) is 2.73. The van der Waals surface area contributed by atoms with Gasteiger partial charge in [0.2, 0.25) is 16.2 Å². The molecule has 1 aromatic carbocycles. The summed E-state index contributed by atoms with van der Waals surface area (Å²) >= 11 is 1.45. The third-order valence-electron chi connectivity index (χ3n) is 4.23. The topological polar surface area (TPSA) is 61.4 Å². The standard InChI is InChI=1S/C17H23N5OS/c1-2-21-10-12-22(13-11-21)17-20-19-16(24-17)18-15(23)9-8-14-6-4-3-5-7-14/h3-7H,2,8-13H2,1H3,(H,18,19,23). The van der Waals surface area contributed by atoms with E-state index in [1.54, 1.807) is 0 Å². The molecule has 0 radical (unpaired) electrons. The van der Waals surface area contributed by atoms with Crippen LogP contribution in [0.15, 0.2) is 30.3 Å². The number of hydrogen-bond acceptors (Lipinski definition) is 6. The predicted octanol–water partition coefficient (Wildman–Crippen LogP) is 2.25. The summed E-state index contributed by atoms with van der Waals surface area (Å²) in [5.74, 6) is -0.0163. The number of carbonyl (C=O) groups is 1. The molecule has 1 aliphatic rings. The molecule has 0 unspecified atom stereocenters. The molecule has 2 heterocycles. The molecule has 0 saturated carbocycles. The molecule has 1 aromatic heterocycles. The molecule has 0 spiro atoms. The summed E-state index contributed by atoms with van der Waals surface area (Å²) in [5.41, 5.74) is 1.17. The molecule has 0 aliphatic carbocycles. The Bertz CT molecular complexity index is 652.